The van der Waals surface area contributed by atoms with Crippen LogP contribution in [0.5, 0.6) is 5.88 Å². The third kappa shape index (κ3) is 16.2. The van der Waals surface area contributed by atoms with Gasteiger partial charge in [0.05, 0.1) is 12.8 Å². The average Bonchev–Trinajstić information content (AvgIpc) is 3.79. The molecule has 0 aromatic carbocycles. The van der Waals surface area contributed by atoms with Crippen LogP contribution in [0.25, 0.3) is 6.08 Å². The first-order chi connectivity index (χ1) is 21.2. The number of pyridine rings is 1. The first-order valence-corrected chi connectivity index (χ1v) is 17.0. The Hall–Kier alpha value is -3.00. The standard InChI is InChI=1S/C15H23N3.C10H15N3O.C5H10O.3C2H6/c1-3-4-13-12(2)16-8-5-14(13)18-10-9-17-15(11-18)6-7-15;1-4-8-6-9(5-7(2)11)12-13-10(8)14-3;1-3-4-5(2)6;3*1-2/h5,8,17H,3-4,6-7,9-11H2,1-2H3;5-6H,4,11H2,1-3H3;3-4H2,1-2H3;3*1-2H3/b;7-5-;;;;. The number of rotatable bonds is 8. The molecule has 8 heteroatoms. The highest BCUT2D eigenvalue weighted by Gasteiger charge is 2.45. The largest absolute Gasteiger partial charge is 0.480 e. The maximum Gasteiger partial charge on any atom is 0.236 e. The van der Waals surface area contributed by atoms with Crippen molar-refractivity contribution in [3.63, 3.8) is 0 Å². The third-order valence-electron chi connectivity index (χ3n) is 6.72. The number of ether oxygens (including phenoxy) is 1. The predicted molar refractivity (Wildman–Crippen MR) is 191 cm³/mol. The second-order valence-electron chi connectivity index (χ2n) is 10.3. The fourth-order valence-corrected chi connectivity index (χ4v) is 4.60. The van der Waals surface area contributed by atoms with E-state index in [2.05, 4.69) is 45.3 Å². The van der Waals surface area contributed by atoms with Crippen molar-refractivity contribution in [3.8, 4) is 5.88 Å². The molecule has 0 radical (unpaired) electrons. The molecule has 1 saturated carbocycles. The molecule has 0 unspecified atom stereocenters. The summed E-state index contributed by atoms with van der Waals surface area (Å²) >= 11 is 0. The second kappa shape index (κ2) is 25.3. The monoisotopic (exact) mass is 615 g/mol. The lowest BCUT2D eigenvalue weighted by atomic mass is 10.0. The zero-order chi connectivity index (χ0) is 34.1. The Morgan fingerprint density at radius 3 is 2.16 bits per heavy atom. The summed E-state index contributed by atoms with van der Waals surface area (Å²) in [6.45, 7) is 27.3. The summed E-state index contributed by atoms with van der Waals surface area (Å²) < 4.78 is 5.07. The topological polar surface area (TPSA) is 106 Å². The highest BCUT2D eigenvalue weighted by Crippen LogP contribution is 2.39. The van der Waals surface area contributed by atoms with Crippen LogP contribution >= 0.6 is 0 Å². The molecule has 0 bridgehead atoms. The van der Waals surface area contributed by atoms with Gasteiger partial charge in [-0.25, -0.2) is 0 Å². The van der Waals surface area contributed by atoms with Gasteiger partial charge in [-0.05, 0) is 76.6 Å². The molecule has 44 heavy (non-hydrogen) atoms. The molecule has 2 fully saturated rings. The van der Waals surface area contributed by atoms with E-state index in [1.165, 1.54) is 42.8 Å². The predicted octanol–water partition coefficient (Wildman–Crippen LogP) is 8.11. The molecule has 0 atom stereocenters. The number of allylic oxidation sites excluding steroid dienone is 1. The van der Waals surface area contributed by atoms with E-state index in [-0.39, 0.29) is 5.78 Å². The highest BCUT2D eigenvalue weighted by molar-refractivity contribution is 5.75. The number of methoxy groups -OCH3 is 1. The summed E-state index contributed by atoms with van der Waals surface area (Å²) in [5, 5.41) is 11.6. The van der Waals surface area contributed by atoms with Gasteiger partial charge in [0.1, 0.15) is 5.78 Å². The number of aromatic nitrogens is 3. The molecule has 3 heterocycles. The first kappa shape index (κ1) is 43.1. The number of ketones is 1. The van der Waals surface area contributed by atoms with Crippen molar-refractivity contribution in [1.29, 1.82) is 0 Å². The van der Waals surface area contributed by atoms with E-state index >= 15 is 0 Å². The lowest BCUT2D eigenvalue weighted by molar-refractivity contribution is -0.117. The summed E-state index contributed by atoms with van der Waals surface area (Å²) in [6, 6.07) is 4.14. The minimum Gasteiger partial charge on any atom is -0.480 e. The molecule has 252 valence electrons. The number of nitrogens with one attached hydrogen (secondary N) is 1. The highest BCUT2D eigenvalue weighted by atomic mass is 16.5. The lowest BCUT2D eigenvalue weighted by Gasteiger charge is -2.37. The molecule has 4 rings (SSSR count). The number of aryl methyl sites for hydroxylation is 2. The number of nitrogens with zero attached hydrogens (tertiary/aromatic N) is 4. The van der Waals surface area contributed by atoms with Gasteiger partial charge in [0, 0.05) is 60.4 Å². The quantitative estimate of drug-likeness (QED) is 0.307. The fourth-order valence-electron chi connectivity index (χ4n) is 4.60. The van der Waals surface area contributed by atoms with Gasteiger partial charge in [0.2, 0.25) is 5.88 Å². The summed E-state index contributed by atoms with van der Waals surface area (Å²) in [5.41, 5.74) is 12.6. The number of hydrogen-bond acceptors (Lipinski definition) is 8. The Bertz CT molecular complexity index is 1060. The summed E-state index contributed by atoms with van der Waals surface area (Å²) in [5.74, 6) is 0.872. The van der Waals surface area contributed by atoms with Gasteiger partial charge in [0.25, 0.3) is 0 Å². The van der Waals surface area contributed by atoms with Crippen LogP contribution in [-0.4, -0.2) is 53.2 Å². The molecule has 2 aliphatic rings. The molecule has 2 aromatic rings. The van der Waals surface area contributed by atoms with E-state index in [1.54, 1.807) is 20.1 Å². The SMILES string of the molecule is CC.CC.CC.CCCC(C)=O.CCCc1c(N2CCNC3(CC3)C2)ccnc1C.CCc1cc(/C=C(/C)N)nnc1OC. The van der Waals surface area contributed by atoms with Crippen molar-refractivity contribution in [2.45, 2.75) is 134 Å². The van der Waals surface area contributed by atoms with Gasteiger partial charge < -0.3 is 25.5 Å². The Balaban J connectivity index is 0. The van der Waals surface area contributed by atoms with Crippen LogP contribution in [0, 0.1) is 6.92 Å². The fraction of sp³-hybridized carbons (Fsp3) is 0.667. The summed E-state index contributed by atoms with van der Waals surface area (Å²) in [6.07, 6.45) is 11.4. The minimum atomic E-state index is 0.289. The summed E-state index contributed by atoms with van der Waals surface area (Å²) in [4.78, 5) is 17.1. The Morgan fingerprint density at radius 1 is 1.07 bits per heavy atom. The van der Waals surface area contributed by atoms with Crippen LogP contribution in [0.4, 0.5) is 5.69 Å². The maximum atomic E-state index is 10.0. The van der Waals surface area contributed by atoms with E-state index in [9.17, 15) is 4.79 Å². The van der Waals surface area contributed by atoms with Crippen molar-refractivity contribution >= 4 is 17.5 Å². The van der Waals surface area contributed by atoms with Crippen molar-refractivity contribution in [2.24, 2.45) is 5.73 Å². The molecule has 8 nitrogen and oxygen atoms in total. The van der Waals surface area contributed by atoms with Crippen LogP contribution in [0.1, 0.15) is 131 Å². The molecular weight excluding hydrogens is 548 g/mol. The molecule has 3 N–H and O–H groups in total. The van der Waals surface area contributed by atoms with Gasteiger partial charge in [0.15, 0.2) is 0 Å². The molecule has 0 amide bonds. The first-order valence-electron chi connectivity index (χ1n) is 17.0. The van der Waals surface area contributed by atoms with Crippen molar-refractivity contribution in [2.75, 3.05) is 31.6 Å². The van der Waals surface area contributed by atoms with E-state index in [1.807, 2.05) is 74.6 Å². The van der Waals surface area contributed by atoms with Crippen LogP contribution in [-0.2, 0) is 17.6 Å². The van der Waals surface area contributed by atoms with E-state index in [4.69, 9.17) is 10.5 Å². The van der Waals surface area contributed by atoms with Crippen molar-refractivity contribution in [1.82, 2.24) is 20.5 Å². The normalized spacial score (nSPS) is 13.9. The zero-order valence-electron chi connectivity index (χ0n) is 30.6. The van der Waals surface area contributed by atoms with E-state index in [0.717, 1.165) is 50.0 Å². The van der Waals surface area contributed by atoms with Crippen LogP contribution in [0.3, 0.4) is 0 Å². The second-order valence-corrected chi connectivity index (χ2v) is 10.3. The molecule has 1 spiro atoms. The summed E-state index contributed by atoms with van der Waals surface area (Å²) in [7, 11) is 1.59. The molecule has 2 aromatic heterocycles. The van der Waals surface area contributed by atoms with Gasteiger partial charge in [-0.2, -0.15) is 0 Å². The minimum absolute atomic E-state index is 0.289. The Morgan fingerprint density at radius 2 is 1.70 bits per heavy atom. The number of hydrogen-bond donors (Lipinski definition) is 2. The number of carbonyl (C=O) groups is 1. The van der Waals surface area contributed by atoms with Crippen LogP contribution in [0.2, 0.25) is 0 Å². The van der Waals surface area contributed by atoms with Gasteiger partial charge in [-0.15, -0.1) is 10.2 Å². The van der Waals surface area contributed by atoms with Gasteiger partial charge in [-0.3, -0.25) is 4.98 Å². The number of carbonyl (C=O) groups excluding carboxylic acids is 1. The number of piperazine rings is 1. The van der Waals surface area contributed by atoms with E-state index in [0.29, 0.717) is 17.1 Å². The van der Waals surface area contributed by atoms with Crippen LogP contribution in [0.15, 0.2) is 24.0 Å². The molecule has 1 aliphatic carbocycles. The number of anilines is 1. The third-order valence-corrected chi connectivity index (χ3v) is 6.72. The maximum absolute atomic E-state index is 10.0. The average molecular weight is 615 g/mol. The van der Waals surface area contributed by atoms with Crippen LogP contribution < -0.4 is 20.7 Å². The lowest BCUT2D eigenvalue weighted by Crippen LogP contribution is -2.52. The number of nitrogens with two attached hydrogens (primary N) is 1. The van der Waals surface area contributed by atoms with Crippen molar-refractivity contribution in [3.05, 3.63) is 46.5 Å². The van der Waals surface area contributed by atoms with Crippen molar-refractivity contribution < 1.29 is 9.53 Å². The smallest absolute Gasteiger partial charge is 0.236 e. The molecule has 1 aliphatic heterocycles. The Labute approximate surface area is 270 Å². The molecule has 1 saturated heterocycles. The number of Topliss-reactive ketones (excluding diaryl/α,β-unsaturated/α-hetero) is 1. The van der Waals surface area contributed by atoms with E-state index < -0.39 is 0 Å². The zero-order valence-corrected chi connectivity index (χ0v) is 30.6. The van der Waals surface area contributed by atoms with Gasteiger partial charge in [-0.1, -0.05) is 68.7 Å². The molecular formula is C36H66N6O2. The van der Waals surface area contributed by atoms with Gasteiger partial charge >= 0.3 is 0 Å². The Kier molecular flexibility index (Phi) is 24.8.